The second kappa shape index (κ2) is 3.98. The summed E-state index contributed by atoms with van der Waals surface area (Å²) in [5, 5.41) is 9.06. The van der Waals surface area contributed by atoms with Crippen LogP contribution in [0.2, 0.25) is 0 Å². The van der Waals surface area contributed by atoms with Gasteiger partial charge in [-0.15, -0.1) is 0 Å². The van der Waals surface area contributed by atoms with Crippen LogP contribution in [0.25, 0.3) is 0 Å². The van der Waals surface area contributed by atoms with Gasteiger partial charge in [-0.3, -0.25) is 9.59 Å². The standard InChI is InChI=1S/C12H19NO4/c1-7-6-13(4-5-17-7)10(14)8-9(11(15)16)12(8,2)3/h7-9H,4-6H2,1-3H3,(H,15,16)/t7?,8-,9+/m1/s1. The van der Waals surface area contributed by atoms with E-state index in [2.05, 4.69) is 0 Å². The number of carbonyl (C=O) groups excluding carboxylic acids is 1. The third kappa shape index (κ3) is 2.04. The Bertz CT molecular complexity index is 352. The minimum absolute atomic E-state index is 0.0300. The van der Waals surface area contributed by atoms with Crippen molar-refractivity contribution in [2.75, 3.05) is 19.7 Å². The van der Waals surface area contributed by atoms with Gasteiger partial charge in [0.05, 0.1) is 24.5 Å². The van der Waals surface area contributed by atoms with Crippen molar-refractivity contribution in [1.29, 1.82) is 0 Å². The Balaban J connectivity index is 2.04. The van der Waals surface area contributed by atoms with Crippen molar-refractivity contribution in [2.24, 2.45) is 17.3 Å². The van der Waals surface area contributed by atoms with Crippen LogP contribution in [0.15, 0.2) is 0 Å². The highest BCUT2D eigenvalue weighted by Crippen LogP contribution is 2.59. The van der Waals surface area contributed by atoms with Crippen molar-refractivity contribution >= 4 is 11.9 Å². The van der Waals surface area contributed by atoms with Gasteiger partial charge in [0, 0.05) is 13.1 Å². The van der Waals surface area contributed by atoms with Crippen LogP contribution in [0.1, 0.15) is 20.8 Å². The molecule has 0 aromatic heterocycles. The number of carboxylic acid groups (broad SMARTS) is 1. The highest BCUT2D eigenvalue weighted by molar-refractivity contribution is 5.91. The van der Waals surface area contributed by atoms with E-state index in [0.29, 0.717) is 19.7 Å². The SMILES string of the molecule is CC1CN(C(=O)[C@H]2[C@@H](C(=O)O)C2(C)C)CCO1. The number of hydrogen-bond donors (Lipinski definition) is 1. The third-order valence-electron chi connectivity index (χ3n) is 3.91. The van der Waals surface area contributed by atoms with E-state index in [9.17, 15) is 9.59 Å². The zero-order chi connectivity index (χ0) is 12.8. The van der Waals surface area contributed by atoms with Gasteiger partial charge in [0.25, 0.3) is 0 Å². The molecule has 0 radical (unpaired) electrons. The first-order chi connectivity index (χ1) is 7.85. The van der Waals surface area contributed by atoms with Gasteiger partial charge in [-0.1, -0.05) is 13.8 Å². The van der Waals surface area contributed by atoms with Crippen LogP contribution in [0.5, 0.6) is 0 Å². The molecule has 96 valence electrons. The Labute approximate surface area is 101 Å². The van der Waals surface area contributed by atoms with Gasteiger partial charge in [-0.25, -0.2) is 0 Å². The zero-order valence-electron chi connectivity index (χ0n) is 10.5. The molecule has 1 saturated heterocycles. The summed E-state index contributed by atoms with van der Waals surface area (Å²) < 4.78 is 5.37. The average molecular weight is 241 g/mol. The van der Waals surface area contributed by atoms with Crippen molar-refractivity contribution in [2.45, 2.75) is 26.9 Å². The topological polar surface area (TPSA) is 66.8 Å². The lowest BCUT2D eigenvalue weighted by molar-refractivity contribution is -0.144. The molecule has 1 N–H and O–H groups in total. The molecule has 1 heterocycles. The van der Waals surface area contributed by atoms with Crippen molar-refractivity contribution in [1.82, 2.24) is 4.90 Å². The Kier molecular flexibility index (Phi) is 2.89. The Hall–Kier alpha value is -1.10. The zero-order valence-corrected chi connectivity index (χ0v) is 10.5. The Morgan fingerprint density at radius 2 is 2.00 bits per heavy atom. The molecule has 1 aliphatic heterocycles. The van der Waals surface area contributed by atoms with E-state index in [-0.39, 0.29) is 17.9 Å². The second-order valence-electron chi connectivity index (χ2n) is 5.58. The number of hydrogen-bond acceptors (Lipinski definition) is 3. The van der Waals surface area contributed by atoms with E-state index in [1.807, 2.05) is 20.8 Å². The molecule has 3 atom stereocenters. The van der Waals surface area contributed by atoms with Gasteiger partial charge in [0.1, 0.15) is 0 Å². The predicted octanol–water partition coefficient (Wildman–Crippen LogP) is 0.590. The molecule has 2 rings (SSSR count). The monoisotopic (exact) mass is 241 g/mol. The highest BCUT2D eigenvalue weighted by atomic mass is 16.5. The number of carboxylic acids is 1. The summed E-state index contributed by atoms with van der Waals surface area (Å²) in [5.41, 5.74) is -0.412. The molecule has 5 nitrogen and oxygen atoms in total. The van der Waals surface area contributed by atoms with E-state index in [0.717, 1.165) is 0 Å². The van der Waals surface area contributed by atoms with Crippen molar-refractivity contribution < 1.29 is 19.4 Å². The van der Waals surface area contributed by atoms with E-state index < -0.39 is 17.3 Å². The largest absolute Gasteiger partial charge is 0.481 e. The van der Waals surface area contributed by atoms with Crippen LogP contribution in [-0.4, -0.2) is 47.7 Å². The lowest BCUT2D eigenvalue weighted by atomic mass is 10.1. The molecule has 2 fully saturated rings. The second-order valence-corrected chi connectivity index (χ2v) is 5.58. The first-order valence-corrected chi connectivity index (χ1v) is 5.99. The fourth-order valence-corrected chi connectivity index (χ4v) is 2.77. The van der Waals surface area contributed by atoms with Crippen LogP contribution in [-0.2, 0) is 14.3 Å². The number of carbonyl (C=O) groups is 2. The Morgan fingerprint density at radius 1 is 1.35 bits per heavy atom. The molecule has 2 aliphatic rings. The van der Waals surface area contributed by atoms with Gasteiger partial charge in [-0.2, -0.15) is 0 Å². The number of ether oxygens (including phenoxy) is 1. The summed E-state index contributed by atoms with van der Waals surface area (Å²) in [6.07, 6.45) is 0.0397. The minimum atomic E-state index is -0.866. The maximum atomic E-state index is 12.2. The maximum absolute atomic E-state index is 12.2. The predicted molar refractivity (Wildman–Crippen MR) is 60.4 cm³/mol. The van der Waals surface area contributed by atoms with Gasteiger partial charge in [0.2, 0.25) is 5.91 Å². The summed E-state index contributed by atoms with van der Waals surface area (Å²) in [5.74, 6) is -1.80. The van der Waals surface area contributed by atoms with Crippen LogP contribution >= 0.6 is 0 Å². The normalized spacial score (nSPS) is 35.5. The molecule has 5 heteroatoms. The summed E-state index contributed by atoms with van der Waals surface area (Å²) in [6, 6.07) is 0. The Morgan fingerprint density at radius 3 is 2.47 bits per heavy atom. The average Bonchev–Trinajstić information content (AvgIpc) is 2.80. The number of aliphatic carboxylic acids is 1. The number of morpholine rings is 1. The first-order valence-electron chi connectivity index (χ1n) is 5.99. The first kappa shape index (κ1) is 12.4. The molecule has 1 saturated carbocycles. The van der Waals surface area contributed by atoms with Crippen LogP contribution in [0.4, 0.5) is 0 Å². The smallest absolute Gasteiger partial charge is 0.307 e. The fourth-order valence-electron chi connectivity index (χ4n) is 2.77. The number of nitrogens with zero attached hydrogens (tertiary/aromatic N) is 1. The lowest BCUT2D eigenvalue weighted by Crippen LogP contribution is -2.45. The number of rotatable bonds is 2. The molecule has 1 unspecified atom stereocenters. The van der Waals surface area contributed by atoms with E-state index in [4.69, 9.17) is 9.84 Å². The van der Waals surface area contributed by atoms with Crippen molar-refractivity contribution in [3.8, 4) is 0 Å². The van der Waals surface area contributed by atoms with Gasteiger partial charge >= 0.3 is 5.97 Å². The van der Waals surface area contributed by atoms with Crippen LogP contribution in [0.3, 0.4) is 0 Å². The summed E-state index contributed by atoms with van der Waals surface area (Å²) in [7, 11) is 0. The molecule has 1 amide bonds. The molecule has 0 aromatic rings. The number of amides is 1. The van der Waals surface area contributed by atoms with Crippen molar-refractivity contribution in [3.63, 3.8) is 0 Å². The lowest BCUT2D eigenvalue weighted by Gasteiger charge is -2.31. The van der Waals surface area contributed by atoms with Crippen LogP contribution in [0, 0.1) is 17.3 Å². The maximum Gasteiger partial charge on any atom is 0.307 e. The minimum Gasteiger partial charge on any atom is -0.481 e. The molecule has 17 heavy (non-hydrogen) atoms. The quantitative estimate of drug-likeness (QED) is 0.768. The van der Waals surface area contributed by atoms with Gasteiger partial charge in [-0.05, 0) is 12.3 Å². The molecule has 0 spiro atoms. The molecular weight excluding hydrogens is 222 g/mol. The molecule has 1 aliphatic carbocycles. The fraction of sp³-hybridized carbons (Fsp3) is 0.833. The van der Waals surface area contributed by atoms with Gasteiger partial charge < -0.3 is 14.7 Å². The van der Waals surface area contributed by atoms with Crippen molar-refractivity contribution in [3.05, 3.63) is 0 Å². The van der Waals surface area contributed by atoms with E-state index in [1.165, 1.54) is 0 Å². The van der Waals surface area contributed by atoms with E-state index >= 15 is 0 Å². The molecule has 0 aromatic carbocycles. The molecular formula is C12H19NO4. The third-order valence-corrected chi connectivity index (χ3v) is 3.91. The molecule has 0 bridgehead atoms. The van der Waals surface area contributed by atoms with Gasteiger partial charge in [0.15, 0.2) is 0 Å². The summed E-state index contributed by atoms with van der Waals surface area (Å²) >= 11 is 0. The summed E-state index contributed by atoms with van der Waals surface area (Å²) in [4.78, 5) is 25.0. The van der Waals surface area contributed by atoms with Crippen LogP contribution < -0.4 is 0 Å². The van der Waals surface area contributed by atoms with E-state index in [1.54, 1.807) is 4.90 Å². The summed E-state index contributed by atoms with van der Waals surface area (Å²) in [6.45, 7) is 7.29. The highest BCUT2D eigenvalue weighted by Gasteiger charge is 2.66.